The molecule has 30 heavy (non-hydrogen) atoms. The lowest BCUT2D eigenvalue weighted by Gasteiger charge is -2.23. The molecule has 0 rings (SSSR count). The van der Waals surface area contributed by atoms with Crippen LogP contribution < -0.4 is 27.4 Å². The van der Waals surface area contributed by atoms with E-state index in [9.17, 15) is 33.9 Å². The third kappa shape index (κ3) is 9.76. The fourth-order valence-electron chi connectivity index (χ4n) is 2.02. The highest BCUT2D eigenvalue weighted by Crippen LogP contribution is 1.99. The minimum Gasteiger partial charge on any atom is -0.481 e. The molecule has 0 aromatic heterocycles. The van der Waals surface area contributed by atoms with Crippen LogP contribution >= 0.6 is 0 Å². The summed E-state index contributed by atoms with van der Waals surface area (Å²) >= 11 is 0. The third-order valence-corrected chi connectivity index (χ3v) is 3.66. The molecule has 0 aliphatic rings. The molecule has 0 aliphatic heterocycles. The second kappa shape index (κ2) is 13.0. The first-order valence-electron chi connectivity index (χ1n) is 8.54. The fraction of sp³-hybridized carbons (Fsp3) is 0.600. The van der Waals surface area contributed by atoms with Gasteiger partial charge in [0.15, 0.2) is 0 Å². The molecule has 4 unspecified atom stereocenters. The molecule has 0 saturated heterocycles. The lowest BCUT2D eigenvalue weighted by Crippen LogP contribution is -2.59. The molecule has 0 aromatic carbocycles. The monoisotopic (exact) mass is 435 g/mol. The van der Waals surface area contributed by atoms with E-state index >= 15 is 0 Å². The summed E-state index contributed by atoms with van der Waals surface area (Å²) in [6, 6.07) is -6.31. The Bertz CT molecular complexity index is 670. The number of aliphatic hydroxyl groups excluding tert-OH is 2. The van der Waals surface area contributed by atoms with Crippen molar-refractivity contribution in [3.63, 3.8) is 0 Å². The van der Waals surface area contributed by atoms with Crippen LogP contribution in [0.2, 0.25) is 0 Å². The van der Waals surface area contributed by atoms with E-state index < -0.39 is 85.8 Å². The van der Waals surface area contributed by atoms with E-state index in [1.54, 1.807) is 0 Å². The molecule has 0 saturated carbocycles. The summed E-state index contributed by atoms with van der Waals surface area (Å²) in [7, 11) is 0. The zero-order valence-corrected chi connectivity index (χ0v) is 15.7. The van der Waals surface area contributed by atoms with Crippen LogP contribution in [0.4, 0.5) is 0 Å². The van der Waals surface area contributed by atoms with E-state index in [1.165, 1.54) is 0 Å². The van der Waals surface area contributed by atoms with Crippen molar-refractivity contribution in [1.82, 2.24) is 16.0 Å². The smallest absolute Gasteiger partial charge is 0.328 e. The number of amides is 4. The summed E-state index contributed by atoms with van der Waals surface area (Å²) in [4.78, 5) is 68.9. The first-order chi connectivity index (χ1) is 13.9. The maximum Gasteiger partial charge on any atom is 0.328 e. The number of hydrogen-bond donors (Lipinski definition) is 9. The number of primary amides is 1. The second-order valence-corrected chi connectivity index (χ2v) is 6.10. The van der Waals surface area contributed by atoms with Crippen molar-refractivity contribution >= 4 is 35.6 Å². The van der Waals surface area contributed by atoms with Gasteiger partial charge < -0.3 is 47.8 Å². The summed E-state index contributed by atoms with van der Waals surface area (Å²) in [6.45, 7) is -1.91. The molecule has 0 radical (unpaired) electrons. The first kappa shape index (κ1) is 26.7. The SMILES string of the molecule is NC(=O)CC(NC(=O)C(CO)NC(=O)C(N)CCC(=O)O)C(=O)NC(CO)C(=O)O. The van der Waals surface area contributed by atoms with Gasteiger partial charge in [0.05, 0.1) is 25.7 Å². The Morgan fingerprint density at radius 1 is 0.767 bits per heavy atom. The molecule has 0 bridgehead atoms. The number of aliphatic hydroxyl groups is 2. The Kier molecular flexibility index (Phi) is 11.6. The van der Waals surface area contributed by atoms with Crippen molar-refractivity contribution in [3.05, 3.63) is 0 Å². The summed E-state index contributed by atoms with van der Waals surface area (Å²) in [5.74, 6) is -7.05. The predicted octanol–water partition coefficient (Wildman–Crippen LogP) is -5.42. The minimum atomic E-state index is -1.72. The number of carboxylic acids is 2. The number of carbonyl (C=O) groups is 6. The van der Waals surface area contributed by atoms with Gasteiger partial charge in [-0.25, -0.2) is 4.79 Å². The summed E-state index contributed by atoms with van der Waals surface area (Å²) in [5, 5.41) is 41.6. The number of carbonyl (C=O) groups excluding carboxylic acids is 4. The summed E-state index contributed by atoms with van der Waals surface area (Å²) in [6.07, 6.45) is -1.41. The lowest BCUT2D eigenvalue weighted by molar-refractivity contribution is -0.143. The van der Waals surface area contributed by atoms with Gasteiger partial charge in [-0.05, 0) is 6.42 Å². The first-order valence-corrected chi connectivity index (χ1v) is 8.54. The van der Waals surface area contributed by atoms with Crippen molar-refractivity contribution in [1.29, 1.82) is 0 Å². The predicted molar refractivity (Wildman–Crippen MR) is 96.3 cm³/mol. The van der Waals surface area contributed by atoms with Gasteiger partial charge in [0.25, 0.3) is 0 Å². The van der Waals surface area contributed by atoms with Gasteiger partial charge >= 0.3 is 11.9 Å². The van der Waals surface area contributed by atoms with Crippen LogP contribution in [0.15, 0.2) is 0 Å². The molecule has 0 aliphatic carbocycles. The van der Waals surface area contributed by atoms with Crippen molar-refractivity contribution in [2.24, 2.45) is 11.5 Å². The van der Waals surface area contributed by atoms with Gasteiger partial charge in [0.1, 0.15) is 18.1 Å². The fourth-order valence-corrected chi connectivity index (χ4v) is 2.02. The number of nitrogens with one attached hydrogen (secondary N) is 3. The molecule has 4 atom stereocenters. The van der Waals surface area contributed by atoms with Gasteiger partial charge in [-0.3, -0.25) is 24.0 Å². The van der Waals surface area contributed by atoms with E-state index in [2.05, 4.69) is 5.32 Å². The quantitative estimate of drug-likeness (QED) is 0.124. The Morgan fingerprint density at radius 3 is 1.67 bits per heavy atom. The molecular formula is C15H25N5O10. The van der Waals surface area contributed by atoms with Gasteiger partial charge in [-0.1, -0.05) is 0 Å². The number of rotatable bonds is 14. The van der Waals surface area contributed by atoms with Crippen LogP contribution in [-0.2, 0) is 28.8 Å². The molecule has 4 amide bonds. The lowest BCUT2D eigenvalue weighted by atomic mass is 10.1. The average molecular weight is 435 g/mol. The molecule has 0 fully saturated rings. The van der Waals surface area contributed by atoms with E-state index in [0.717, 1.165) is 0 Å². The van der Waals surface area contributed by atoms with Crippen LogP contribution in [0.3, 0.4) is 0 Å². The van der Waals surface area contributed by atoms with Crippen LogP contribution in [-0.4, -0.2) is 93.4 Å². The van der Waals surface area contributed by atoms with Crippen LogP contribution in [0, 0.1) is 0 Å². The molecule has 0 heterocycles. The maximum atomic E-state index is 12.3. The average Bonchev–Trinajstić information content (AvgIpc) is 2.66. The number of nitrogens with two attached hydrogens (primary N) is 2. The second-order valence-electron chi connectivity index (χ2n) is 6.10. The van der Waals surface area contributed by atoms with Gasteiger partial charge in [0, 0.05) is 6.42 Å². The van der Waals surface area contributed by atoms with Crippen LogP contribution in [0.25, 0.3) is 0 Å². The zero-order valence-electron chi connectivity index (χ0n) is 15.7. The number of aliphatic carboxylic acids is 2. The summed E-state index contributed by atoms with van der Waals surface area (Å²) < 4.78 is 0. The Balaban J connectivity index is 5.14. The normalized spacial score (nSPS) is 14.5. The number of hydrogen-bond acceptors (Lipinski definition) is 9. The Labute approximate surface area is 169 Å². The topological polar surface area (TPSA) is 271 Å². The van der Waals surface area contributed by atoms with E-state index in [4.69, 9.17) is 26.8 Å². The van der Waals surface area contributed by atoms with Crippen LogP contribution in [0.1, 0.15) is 19.3 Å². The zero-order chi connectivity index (χ0) is 23.4. The Hall–Kier alpha value is -3.30. The molecule has 15 heteroatoms. The van der Waals surface area contributed by atoms with E-state index in [0.29, 0.717) is 0 Å². The van der Waals surface area contributed by atoms with Crippen molar-refractivity contribution < 1.29 is 49.2 Å². The third-order valence-electron chi connectivity index (χ3n) is 3.66. The standard InChI is InChI=1S/C15H25N5O10/c16-6(1-2-11(24)25)12(26)19-8(4-21)14(28)18-7(3-10(17)23)13(27)20-9(5-22)15(29)30/h6-9,21-22H,1-5,16H2,(H2,17,23)(H,18,28)(H,19,26)(H,20,27)(H,24,25)(H,29,30). The Morgan fingerprint density at radius 2 is 1.23 bits per heavy atom. The highest BCUT2D eigenvalue weighted by atomic mass is 16.4. The summed E-state index contributed by atoms with van der Waals surface area (Å²) in [5.41, 5.74) is 10.5. The van der Waals surface area contributed by atoms with E-state index in [-0.39, 0.29) is 6.42 Å². The van der Waals surface area contributed by atoms with Crippen molar-refractivity contribution in [2.75, 3.05) is 13.2 Å². The minimum absolute atomic E-state index is 0.245. The van der Waals surface area contributed by atoms with Crippen molar-refractivity contribution in [2.45, 2.75) is 43.4 Å². The van der Waals surface area contributed by atoms with Gasteiger partial charge in [-0.2, -0.15) is 0 Å². The molecule has 0 spiro atoms. The maximum absolute atomic E-state index is 12.3. The molecule has 170 valence electrons. The van der Waals surface area contributed by atoms with E-state index in [1.807, 2.05) is 10.6 Å². The molecular weight excluding hydrogens is 410 g/mol. The van der Waals surface area contributed by atoms with Crippen molar-refractivity contribution in [3.8, 4) is 0 Å². The number of carboxylic acid groups (broad SMARTS) is 2. The van der Waals surface area contributed by atoms with Gasteiger partial charge in [-0.15, -0.1) is 0 Å². The van der Waals surface area contributed by atoms with Crippen LogP contribution in [0.5, 0.6) is 0 Å². The molecule has 0 aromatic rings. The largest absolute Gasteiger partial charge is 0.481 e. The molecule has 11 N–H and O–H groups in total. The highest BCUT2D eigenvalue weighted by Gasteiger charge is 2.30. The highest BCUT2D eigenvalue weighted by molar-refractivity contribution is 5.96. The van der Waals surface area contributed by atoms with Gasteiger partial charge in [0.2, 0.25) is 23.6 Å². The molecule has 15 nitrogen and oxygen atoms in total.